The van der Waals surface area contributed by atoms with Gasteiger partial charge in [-0.15, -0.1) is 6.58 Å². The molecule has 2 aromatic rings. The Morgan fingerprint density at radius 2 is 2.00 bits per heavy atom. The number of aliphatic hydroxyl groups excluding tert-OH is 1. The first-order valence-corrected chi connectivity index (χ1v) is 11.0. The molecule has 0 bridgehead atoms. The van der Waals surface area contributed by atoms with E-state index in [-0.39, 0.29) is 31.0 Å². The normalized spacial score (nSPS) is 19.6. The highest BCUT2D eigenvalue weighted by Gasteiger charge is 2.49. The Hall–Kier alpha value is -3.40. The van der Waals surface area contributed by atoms with E-state index in [2.05, 4.69) is 16.9 Å². The first-order chi connectivity index (χ1) is 16.6. The van der Waals surface area contributed by atoms with Crippen molar-refractivity contribution in [3.63, 3.8) is 0 Å². The van der Waals surface area contributed by atoms with E-state index in [1.165, 1.54) is 6.08 Å². The van der Waals surface area contributed by atoms with Crippen molar-refractivity contribution in [1.29, 1.82) is 0 Å². The van der Waals surface area contributed by atoms with Gasteiger partial charge in [0.1, 0.15) is 17.7 Å². The molecule has 0 saturated carbocycles. The first kappa shape index (κ1) is 26.2. The van der Waals surface area contributed by atoms with Gasteiger partial charge in [0, 0.05) is 31.6 Å². The molecular weight excluding hydrogens is 468 g/mol. The number of rotatable bonds is 10. The van der Waals surface area contributed by atoms with Gasteiger partial charge in [-0.05, 0) is 55.0 Å². The van der Waals surface area contributed by atoms with Crippen LogP contribution in [0.2, 0.25) is 0 Å². The lowest BCUT2D eigenvalue weighted by Gasteiger charge is -2.27. The number of ether oxygens (including phenoxy) is 2. The number of amides is 1. The molecule has 0 spiro atoms. The zero-order chi connectivity index (χ0) is 25.6. The lowest BCUT2D eigenvalue weighted by Crippen LogP contribution is -2.50. The van der Waals surface area contributed by atoms with Crippen molar-refractivity contribution in [2.75, 3.05) is 13.2 Å². The molecule has 2 atom stereocenters. The third-order valence-electron chi connectivity index (χ3n) is 5.52. The van der Waals surface area contributed by atoms with Gasteiger partial charge in [-0.3, -0.25) is 4.79 Å². The first-order valence-electron chi connectivity index (χ1n) is 11.0. The van der Waals surface area contributed by atoms with Crippen LogP contribution in [0.3, 0.4) is 0 Å². The zero-order valence-electron chi connectivity index (χ0n) is 19.1. The Kier molecular flexibility index (Phi) is 8.16. The standard InChI is InChI=1S/C25H26F4N2O4/c1-3-9-24(23(33)30-15-17-12-19(25(27,28)29)14-20(26)13-17)16(2)35-22(31-24)18-5-7-21(8-6-18)34-11-4-10-32/h3,5-8,12-14,16,32H,1,4,9-11,15H2,2H3,(H,30,33)/t16-,24-/m1/s1. The fourth-order valence-electron chi connectivity index (χ4n) is 3.66. The number of benzene rings is 2. The second-order valence-corrected chi connectivity index (χ2v) is 8.07. The SMILES string of the molecule is C=CC[C@@]1(C(=O)NCc2cc(F)cc(C(F)(F)F)c2)N=C(c2ccc(OCCCO)cc2)O[C@@H]1C. The Balaban J connectivity index is 1.78. The minimum Gasteiger partial charge on any atom is -0.494 e. The number of aliphatic imine (C=N–C) groups is 1. The van der Waals surface area contributed by atoms with Gasteiger partial charge in [-0.2, -0.15) is 13.2 Å². The van der Waals surface area contributed by atoms with E-state index >= 15 is 0 Å². The van der Waals surface area contributed by atoms with Gasteiger partial charge in [0.25, 0.3) is 5.91 Å². The molecule has 3 rings (SSSR count). The summed E-state index contributed by atoms with van der Waals surface area (Å²) in [5.74, 6) is -0.813. The smallest absolute Gasteiger partial charge is 0.416 e. The van der Waals surface area contributed by atoms with Gasteiger partial charge in [0.2, 0.25) is 5.90 Å². The van der Waals surface area contributed by atoms with Gasteiger partial charge in [0.15, 0.2) is 5.54 Å². The molecule has 1 aliphatic heterocycles. The number of hydrogen-bond acceptors (Lipinski definition) is 5. The number of aliphatic hydroxyl groups is 1. The van der Waals surface area contributed by atoms with Crippen molar-refractivity contribution in [2.45, 2.75) is 44.1 Å². The van der Waals surface area contributed by atoms with Gasteiger partial charge < -0.3 is 19.9 Å². The van der Waals surface area contributed by atoms with Crippen LogP contribution in [0.4, 0.5) is 17.6 Å². The summed E-state index contributed by atoms with van der Waals surface area (Å²) in [7, 11) is 0. The van der Waals surface area contributed by atoms with Crippen LogP contribution in [0.5, 0.6) is 5.75 Å². The molecule has 35 heavy (non-hydrogen) atoms. The second-order valence-electron chi connectivity index (χ2n) is 8.07. The third kappa shape index (κ3) is 6.19. The Morgan fingerprint density at radius 1 is 1.29 bits per heavy atom. The van der Waals surface area contributed by atoms with Crippen LogP contribution in [0, 0.1) is 5.82 Å². The maximum atomic E-state index is 13.7. The van der Waals surface area contributed by atoms with Crippen molar-refractivity contribution < 1.29 is 36.9 Å². The fourth-order valence-corrected chi connectivity index (χ4v) is 3.66. The fraction of sp³-hybridized carbons (Fsp3) is 0.360. The van der Waals surface area contributed by atoms with Crippen LogP contribution >= 0.6 is 0 Å². The molecular formula is C25H26F4N2O4. The summed E-state index contributed by atoms with van der Waals surface area (Å²) >= 11 is 0. The molecule has 0 fully saturated rings. The number of nitrogens with one attached hydrogen (secondary N) is 1. The van der Waals surface area contributed by atoms with E-state index in [1.54, 1.807) is 31.2 Å². The predicted octanol–water partition coefficient (Wildman–Crippen LogP) is 4.40. The third-order valence-corrected chi connectivity index (χ3v) is 5.52. The van der Waals surface area contributed by atoms with Crippen LogP contribution in [0.1, 0.15) is 36.5 Å². The molecule has 0 radical (unpaired) electrons. The van der Waals surface area contributed by atoms with Crippen molar-refractivity contribution in [3.8, 4) is 5.75 Å². The van der Waals surface area contributed by atoms with E-state index in [1.807, 2.05) is 0 Å². The Morgan fingerprint density at radius 3 is 2.63 bits per heavy atom. The molecule has 0 saturated heterocycles. The molecule has 188 valence electrons. The topological polar surface area (TPSA) is 80.2 Å². The number of carbonyl (C=O) groups is 1. The number of halogens is 4. The molecule has 10 heteroatoms. The number of hydrogen-bond donors (Lipinski definition) is 2. The van der Waals surface area contributed by atoms with E-state index in [4.69, 9.17) is 14.6 Å². The van der Waals surface area contributed by atoms with Crippen LogP contribution in [-0.2, 0) is 22.3 Å². The highest BCUT2D eigenvalue weighted by molar-refractivity contribution is 6.00. The quantitative estimate of drug-likeness (QED) is 0.292. The highest BCUT2D eigenvalue weighted by atomic mass is 19.4. The molecule has 2 N–H and O–H groups in total. The molecule has 1 aliphatic rings. The van der Waals surface area contributed by atoms with Crippen LogP contribution in [-0.4, -0.2) is 41.8 Å². The van der Waals surface area contributed by atoms with E-state index < -0.39 is 35.1 Å². The lowest BCUT2D eigenvalue weighted by molar-refractivity contribution is -0.137. The number of alkyl halides is 3. The Bertz CT molecular complexity index is 1090. The van der Waals surface area contributed by atoms with Crippen molar-refractivity contribution in [2.24, 2.45) is 4.99 Å². The summed E-state index contributed by atoms with van der Waals surface area (Å²) in [5, 5.41) is 11.4. The minimum absolute atomic E-state index is 0.0246. The lowest BCUT2D eigenvalue weighted by atomic mass is 9.89. The maximum absolute atomic E-state index is 13.7. The Labute approximate surface area is 200 Å². The summed E-state index contributed by atoms with van der Waals surface area (Å²) < 4.78 is 64.1. The average Bonchev–Trinajstić information content (AvgIpc) is 3.14. The molecule has 6 nitrogen and oxygen atoms in total. The zero-order valence-corrected chi connectivity index (χ0v) is 19.1. The molecule has 0 unspecified atom stereocenters. The maximum Gasteiger partial charge on any atom is 0.416 e. The summed E-state index contributed by atoms with van der Waals surface area (Å²) in [4.78, 5) is 17.7. The summed E-state index contributed by atoms with van der Waals surface area (Å²) in [5.41, 5.74) is -1.96. The molecule has 0 aliphatic carbocycles. The monoisotopic (exact) mass is 494 g/mol. The molecule has 0 aromatic heterocycles. The van der Waals surface area contributed by atoms with E-state index in [9.17, 15) is 22.4 Å². The van der Waals surface area contributed by atoms with Gasteiger partial charge in [-0.25, -0.2) is 9.38 Å². The van der Waals surface area contributed by atoms with Crippen LogP contribution in [0.25, 0.3) is 0 Å². The van der Waals surface area contributed by atoms with Crippen LogP contribution in [0.15, 0.2) is 60.1 Å². The van der Waals surface area contributed by atoms with E-state index in [0.717, 1.165) is 12.1 Å². The van der Waals surface area contributed by atoms with Gasteiger partial charge >= 0.3 is 6.18 Å². The van der Waals surface area contributed by atoms with Crippen molar-refractivity contribution in [1.82, 2.24) is 5.32 Å². The van der Waals surface area contributed by atoms with E-state index in [0.29, 0.717) is 30.4 Å². The summed E-state index contributed by atoms with van der Waals surface area (Å²) in [6.45, 7) is 5.41. The highest BCUT2D eigenvalue weighted by Crippen LogP contribution is 2.33. The largest absolute Gasteiger partial charge is 0.494 e. The average molecular weight is 494 g/mol. The molecule has 2 aromatic carbocycles. The predicted molar refractivity (Wildman–Crippen MR) is 122 cm³/mol. The minimum atomic E-state index is -4.71. The second kappa shape index (κ2) is 10.9. The molecule has 1 heterocycles. The van der Waals surface area contributed by atoms with Crippen molar-refractivity contribution >= 4 is 11.8 Å². The van der Waals surface area contributed by atoms with Gasteiger partial charge in [0.05, 0.1) is 12.2 Å². The number of carbonyl (C=O) groups excluding carboxylic acids is 1. The van der Waals surface area contributed by atoms with Crippen LogP contribution < -0.4 is 10.1 Å². The number of nitrogens with zero attached hydrogens (tertiary/aromatic N) is 1. The summed E-state index contributed by atoms with van der Waals surface area (Å²) in [6.07, 6.45) is -3.29. The summed E-state index contributed by atoms with van der Waals surface area (Å²) in [6, 6.07) is 8.97. The molecule has 1 amide bonds. The van der Waals surface area contributed by atoms with Gasteiger partial charge in [-0.1, -0.05) is 6.08 Å². The van der Waals surface area contributed by atoms with Crippen molar-refractivity contribution in [3.05, 3.63) is 77.6 Å².